The number of nitrogens with zero attached hydrogens (tertiary/aromatic N) is 1. The van der Waals surface area contributed by atoms with Crippen LogP contribution >= 0.6 is 0 Å². The first-order valence-electron chi connectivity index (χ1n) is 6.06. The summed E-state index contributed by atoms with van der Waals surface area (Å²) < 4.78 is 5.52. The first-order valence-corrected chi connectivity index (χ1v) is 6.06. The minimum Gasteiger partial charge on any atom is -0.465 e. The highest BCUT2D eigenvalue weighted by atomic mass is 16.5. The van der Waals surface area contributed by atoms with Crippen LogP contribution in [0, 0.1) is 11.8 Å². The van der Waals surface area contributed by atoms with E-state index in [0.29, 0.717) is 18.9 Å². The lowest BCUT2D eigenvalue weighted by Crippen LogP contribution is -2.48. The van der Waals surface area contributed by atoms with E-state index in [1.54, 1.807) is 13.8 Å². The van der Waals surface area contributed by atoms with Crippen LogP contribution < -0.4 is 0 Å². The van der Waals surface area contributed by atoms with Gasteiger partial charge in [-0.3, -0.25) is 4.90 Å². The predicted molar refractivity (Wildman–Crippen MR) is 63.7 cm³/mol. The highest BCUT2D eigenvalue weighted by Gasteiger charge is 2.44. The Labute approximate surface area is 102 Å². The Bertz CT molecular complexity index is 278. The summed E-state index contributed by atoms with van der Waals surface area (Å²) in [5.41, 5.74) is -0.770. The summed E-state index contributed by atoms with van der Waals surface area (Å²) in [7, 11) is 0. The van der Waals surface area contributed by atoms with Crippen molar-refractivity contribution in [2.75, 3.05) is 13.2 Å². The van der Waals surface area contributed by atoms with Gasteiger partial charge in [0.05, 0.1) is 12.6 Å². The minimum atomic E-state index is -0.960. The number of carboxylic acid groups (broad SMARTS) is 1. The summed E-state index contributed by atoms with van der Waals surface area (Å²) in [5, 5.41) is 18.5. The van der Waals surface area contributed by atoms with Gasteiger partial charge in [-0.2, -0.15) is 0 Å². The van der Waals surface area contributed by atoms with E-state index in [2.05, 4.69) is 0 Å². The number of amides is 1. The molecule has 100 valence electrons. The average Bonchev–Trinajstić information content (AvgIpc) is 2.49. The summed E-state index contributed by atoms with van der Waals surface area (Å²) in [6.45, 7) is 8.07. The van der Waals surface area contributed by atoms with E-state index in [4.69, 9.17) is 4.74 Å². The van der Waals surface area contributed by atoms with Gasteiger partial charge in [0.2, 0.25) is 0 Å². The van der Waals surface area contributed by atoms with Gasteiger partial charge >= 0.3 is 6.09 Å². The molecule has 0 radical (unpaired) electrons. The van der Waals surface area contributed by atoms with Gasteiger partial charge in [-0.25, -0.2) is 4.79 Å². The fourth-order valence-electron chi connectivity index (χ4n) is 2.35. The largest absolute Gasteiger partial charge is 0.465 e. The monoisotopic (exact) mass is 245 g/mol. The van der Waals surface area contributed by atoms with E-state index in [1.165, 1.54) is 4.90 Å². The normalized spacial score (nSPS) is 25.3. The molecular weight excluding hydrogens is 222 g/mol. The van der Waals surface area contributed by atoms with Crippen LogP contribution in [-0.2, 0) is 4.74 Å². The van der Waals surface area contributed by atoms with E-state index >= 15 is 0 Å². The molecule has 1 heterocycles. The van der Waals surface area contributed by atoms with Gasteiger partial charge < -0.3 is 14.9 Å². The number of hydrogen-bond donors (Lipinski definition) is 2. The average molecular weight is 245 g/mol. The summed E-state index contributed by atoms with van der Waals surface area (Å²) in [5.74, 6) is 0.443. The predicted octanol–water partition coefficient (Wildman–Crippen LogP) is 1.76. The number of hydrogen-bond acceptors (Lipinski definition) is 3. The molecule has 1 amide bonds. The SMILES string of the molecule is CC(C)[C@@H](CO)CC1COC(C)(C)N1C(=O)O. The van der Waals surface area contributed by atoms with Crippen molar-refractivity contribution in [1.29, 1.82) is 0 Å². The highest BCUT2D eigenvalue weighted by molar-refractivity contribution is 5.66. The van der Waals surface area contributed by atoms with Gasteiger partial charge in [-0.15, -0.1) is 0 Å². The van der Waals surface area contributed by atoms with Crippen molar-refractivity contribution < 1.29 is 19.7 Å². The fraction of sp³-hybridized carbons (Fsp3) is 0.917. The van der Waals surface area contributed by atoms with Gasteiger partial charge in [-0.05, 0) is 32.1 Å². The summed E-state index contributed by atoms with van der Waals surface area (Å²) in [6.07, 6.45) is -0.317. The molecule has 0 aromatic heterocycles. The molecule has 1 fully saturated rings. The smallest absolute Gasteiger partial charge is 0.409 e. The zero-order chi connectivity index (χ0) is 13.2. The maximum atomic E-state index is 11.3. The van der Waals surface area contributed by atoms with Gasteiger partial charge in [0.1, 0.15) is 5.72 Å². The Morgan fingerprint density at radius 2 is 2.12 bits per heavy atom. The lowest BCUT2D eigenvalue weighted by atomic mass is 9.90. The Balaban J connectivity index is 2.74. The molecule has 0 bridgehead atoms. The first kappa shape index (κ1) is 14.3. The molecule has 2 atom stereocenters. The van der Waals surface area contributed by atoms with E-state index in [0.717, 1.165) is 0 Å². The maximum absolute atomic E-state index is 11.3. The van der Waals surface area contributed by atoms with Gasteiger partial charge in [0.15, 0.2) is 0 Å². The standard InChI is InChI=1S/C12H23NO4/c1-8(2)9(6-14)5-10-7-17-12(3,4)13(10)11(15)16/h8-10,14H,5-7H2,1-4H3,(H,15,16)/t9-,10?/m1/s1. The van der Waals surface area contributed by atoms with Crippen LogP contribution in [-0.4, -0.2) is 46.2 Å². The lowest BCUT2D eigenvalue weighted by molar-refractivity contribution is -0.0428. The zero-order valence-corrected chi connectivity index (χ0v) is 11.0. The molecule has 1 unspecified atom stereocenters. The lowest BCUT2D eigenvalue weighted by Gasteiger charge is -2.32. The van der Waals surface area contributed by atoms with Crippen molar-refractivity contribution in [3.05, 3.63) is 0 Å². The van der Waals surface area contributed by atoms with Crippen molar-refractivity contribution in [1.82, 2.24) is 4.90 Å². The maximum Gasteiger partial charge on any atom is 0.409 e. The molecule has 0 aromatic carbocycles. The van der Waals surface area contributed by atoms with Crippen LogP contribution in [0.1, 0.15) is 34.1 Å². The molecule has 0 aliphatic carbocycles. The topological polar surface area (TPSA) is 70.0 Å². The van der Waals surface area contributed by atoms with E-state index < -0.39 is 11.8 Å². The van der Waals surface area contributed by atoms with Crippen molar-refractivity contribution in [2.45, 2.75) is 45.9 Å². The Morgan fingerprint density at radius 3 is 2.53 bits per heavy atom. The first-order chi connectivity index (χ1) is 7.79. The molecule has 5 nitrogen and oxygen atoms in total. The molecule has 5 heteroatoms. The highest BCUT2D eigenvalue weighted by Crippen LogP contribution is 2.31. The van der Waals surface area contributed by atoms with Crippen LogP contribution in [0.3, 0.4) is 0 Å². The number of ether oxygens (including phenoxy) is 1. The van der Waals surface area contributed by atoms with Crippen LogP contribution in [0.4, 0.5) is 4.79 Å². The molecule has 0 aromatic rings. The van der Waals surface area contributed by atoms with Crippen molar-refractivity contribution in [3.63, 3.8) is 0 Å². The Hall–Kier alpha value is -0.810. The molecule has 1 aliphatic heterocycles. The Morgan fingerprint density at radius 1 is 1.53 bits per heavy atom. The van der Waals surface area contributed by atoms with Crippen molar-refractivity contribution in [3.8, 4) is 0 Å². The minimum absolute atomic E-state index is 0.0854. The summed E-state index contributed by atoms with van der Waals surface area (Å²) in [6, 6.07) is -0.165. The quantitative estimate of drug-likeness (QED) is 0.791. The molecule has 2 N–H and O–H groups in total. The number of aliphatic hydroxyl groups excluding tert-OH is 1. The summed E-state index contributed by atoms with van der Waals surface area (Å²) in [4.78, 5) is 12.6. The summed E-state index contributed by atoms with van der Waals surface area (Å²) >= 11 is 0. The van der Waals surface area contributed by atoms with Crippen molar-refractivity contribution >= 4 is 6.09 Å². The van der Waals surface area contributed by atoms with E-state index in [-0.39, 0.29) is 18.6 Å². The van der Waals surface area contributed by atoms with E-state index in [9.17, 15) is 15.0 Å². The molecule has 1 saturated heterocycles. The van der Waals surface area contributed by atoms with Gasteiger partial charge in [0, 0.05) is 6.61 Å². The third kappa shape index (κ3) is 3.10. The third-order valence-corrected chi connectivity index (χ3v) is 3.53. The number of carbonyl (C=O) groups is 1. The van der Waals surface area contributed by atoms with Crippen molar-refractivity contribution in [2.24, 2.45) is 11.8 Å². The van der Waals surface area contributed by atoms with Crippen LogP contribution in [0.5, 0.6) is 0 Å². The third-order valence-electron chi connectivity index (χ3n) is 3.53. The van der Waals surface area contributed by atoms with Crippen LogP contribution in [0.25, 0.3) is 0 Å². The van der Waals surface area contributed by atoms with Crippen LogP contribution in [0.2, 0.25) is 0 Å². The molecule has 17 heavy (non-hydrogen) atoms. The van der Waals surface area contributed by atoms with Crippen LogP contribution in [0.15, 0.2) is 0 Å². The number of aliphatic hydroxyl groups is 1. The fourth-order valence-corrected chi connectivity index (χ4v) is 2.35. The van der Waals surface area contributed by atoms with Gasteiger partial charge in [-0.1, -0.05) is 13.8 Å². The second-order valence-electron chi connectivity index (χ2n) is 5.49. The molecule has 1 aliphatic rings. The molecule has 0 saturated carbocycles. The molecular formula is C12H23NO4. The molecule has 1 rings (SSSR count). The van der Waals surface area contributed by atoms with E-state index in [1.807, 2.05) is 13.8 Å². The second kappa shape index (κ2) is 5.23. The van der Waals surface area contributed by atoms with Gasteiger partial charge in [0.25, 0.3) is 0 Å². The Kier molecular flexibility index (Phi) is 4.38. The molecule has 0 spiro atoms. The number of rotatable bonds is 4. The zero-order valence-electron chi connectivity index (χ0n) is 11.0. The second-order valence-corrected chi connectivity index (χ2v) is 5.49.